The molecular formula is C37H50N2O4S. The molecule has 0 unspecified atom stereocenters. The number of rotatable bonds is 14. The first-order valence-electron chi connectivity index (χ1n) is 15.6. The van der Waals surface area contributed by atoms with Gasteiger partial charge < -0.3 is 19.7 Å². The monoisotopic (exact) mass is 618 g/mol. The molecule has 1 amide bonds. The molecule has 0 saturated carbocycles. The van der Waals surface area contributed by atoms with Crippen molar-refractivity contribution in [1.29, 1.82) is 0 Å². The summed E-state index contributed by atoms with van der Waals surface area (Å²) in [6.45, 7) is 15.2. The molecule has 0 saturated heterocycles. The number of benzene rings is 3. The Hall–Kier alpha value is -3.45. The summed E-state index contributed by atoms with van der Waals surface area (Å²) < 4.78 is 10.2. The summed E-state index contributed by atoms with van der Waals surface area (Å²) in [5.41, 5.74) is 6.72. The van der Waals surface area contributed by atoms with E-state index < -0.39 is 23.7 Å². The zero-order chi connectivity index (χ0) is 32.3. The summed E-state index contributed by atoms with van der Waals surface area (Å²) in [4.78, 5) is 27.0. The van der Waals surface area contributed by atoms with E-state index in [1.54, 1.807) is 32.5 Å². The molecule has 0 spiro atoms. The molecule has 0 aliphatic carbocycles. The molecule has 0 aliphatic heterocycles. The highest BCUT2D eigenvalue weighted by molar-refractivity contribution is 7.98. The maximum atomic E-state index is 12.3. The number of ether oxygens (including phenoxy) is 2. The minimum Gasteiger partial charge on any atom is -0.467 e. The fourth-order valence-corrected chi connectivity index (χ4v) is 6.20. The van der Waals surface area contributed by atoms with E-state index in [0.717, 1.165) is 30.5 Å². The van der Waals surface area contributed by atoms with Crippen LogP contribution in [0.4, 0.5) is 10.5 Å². The van der Waals surface area contributed by atoms with Crippen LogP contribution in [-0.4, -0.2) is 42.6 Å². The Bertz CT molecular complexity index is 1350. The third-order valence-electron chi connectivity index (χ3n) is 7.58. The van der Waals surface area contributed by atoms with E-state index in [1.165, 1.54) is 29.5 Å². The van der Waals surface area contributed by atoms with E-state index in [-0.39, 0.29) is 0 Å². The third kappa shape index (κ3) is 10.6. The topological polar surface area (TPSA) is 67.9 Å². The van der Waals surface area contributed by atoms with Gasteiger partial charge in [0, 0.05) is 29.8 Å². The fraction of sp³-hybridized carbons (Fsp3) is 0.459. The molecule has 1 atom stereocenters. The largest absolute Gasteiger partial charge is 0.467 e. The van der Waals surface area contributed by atoms with Gasteiger partial charge in [-0.2, -0.15) is 11.8 Å². The third-order valence-corrected chi connectivity index (χ3v) is 8.68. The van der Waals surface area contributed by atoms with Gasteiger partial charge in [0.25, 0.3) is 0 Å². The first-order chi connectivity index (χ1) is 20.9. The van der Waals surface area contributed by atoms with Gasteiger partial charge in [-0.05, 0) is 99.4 Å². The first kappa shape index (κ1) is 35.0. The van der Waals surface area contributed by atoms with E-state index in [9.17, 15) is 9.59 Å². The van der Waals surface area contributed by atoms with E-state index in [4.69, 9.17) is 9.47 Å². The Morgan fingerprint density at radius 1 is 0.886 bits per heavy atom. The number of hydrogen-bond acceptors (Lipinski definition) is 6. The summed E-state index contributed by atoms with van der Waals surface area (Å²) in [5.74, 6) is 1.18. The number of nitrogens with zero attached hydrogens (tertiary/aromatic N) is 1. The number of hydrogen-bond donors (Lipinski definition) is 1. The van der Waals surface area contributed by atoms with Gasteiger partial charge in [-0.1, -0.05) is 68.4 Å². The SMILES string of the molecule is CCC(CC)c1ccc(N(Cc2cccc(-c3cccc(CSC[C@H](NC(=O)OC(C)(C)C)C(=O)OC)c3)c2)C(C)C)cc1. The number of nitrogens with one attached hydrogen (secondary N) is 1. The fourth-order valence-electron chi connectivity index (χ4n) is 5.21. The van der Waals surface area contributed by atoms with Crippen LogP contribution in [0, 0.1) is 0 Å². The van der Waals surface area contributed by atoms with E-state index >= 15 is 0 Å². The number of methoxy groups -OCH3 is 1. The minimum absolute atomic E-state index is 0.358. The first-order valence-corrected chi connectivity index (χ1v) is 16.8. The second-order valence-corrected chi connectivity index (χ2v) is 13.5. The molecule has 3 aromatic rings. The van der Waals surface area contributed by atoms with E-state index in [1.807, 2.05) is 0 Å². The number of alkyl carbamates (subject to hydrolysis) is 1. The van der Waals surface area contributed by atoms with Gasteiger partial charge in [-0.15, -0.1) is 0 Å². The zero-order valence-electron chi connectivity index (χ0n) is 27.7. The Morgan fingerprint density at radius 2 is 1.48 bits per heavy atom. The van der Waals surface area contributed by atoms with Crippen LogP contribution in [0.2, 0.25) is 0 Å². The molecule has 0 bridgehead atoms. The van der Waals surface area contributed by atoms with Crippen molar-refractivity contribution in [2.24, 2.45) is 0 Å². The van der Waals surface area contributed by atoms with Crippen LogP contribution in [0.5, 0.6) is 0 Å². The van der Waals surface area contributed by atoms with Gasteiger partial charge in [-0.3, -0.25) is 0 Å². The Balaban J connectivity index is 1.68. The van der Waals surface area contributed by atoms with Crippen LogP contribution >= 0.6 is 11.8 Å². The lowest BCUT2D eigenvalue weighted by molar-refractivity contribution is -0.142. The summed E-state index contributed by atoms with van der Waals surface area (Å²) in [7, 11) is 1.32. The van der Waals surface area contributed by atoms with Crippen molar-refractivity contribution >= 4 is 29.5 Å². The van der Waals surface area contributed by atoms with E-state index in [0.29, 0.717) is 23.5 Å². The molecule has 7 heteroatoms. The maximum Gasteiger partial charge on any atom is 0.408 e. The molecule has 0 radical (unpaired) electrons. The van der Waals surface area contributed by atoms with Gasteiger partial charge >= 0.3 is 12.1 Å². The number of carbonyl (C=O) groups excluding carboxylic acids is 2. The van der Waals surface area contributed by atoms with Crippen molar-refractivity contribution < 1.29 is 19.1 Å². The lowest BCUT2D eigenvalue weighted by Crippen LogP contribution is -2.45. The highest BCUT2D eigenvalue weighted by atomic mass is 32.2. The number of thioether (sulfide) groups is 1. The molecule has 3 rings (SSSR count). The molecule has 6 nitrogen and oxygen atoms in total. The molecule has 3 aromatic carbocycles. The molecule has 0 aliphatic rings. The van der Waals surface area contributed by atoms with E-state index in [2.05, 4.69) is 111 Å². The maximum absolute atomic E-state index is 12.3. The predicted molar refractivity (Wildman–Crippen MR) is 184 cm³/mol. The van der Waals surface area contributed by atoms with Crippen LogP contribution < -0.4 is 10.2 Å². The summed E-state index contributed by atoms with van der Waals surface area (Å²) in [6, 6.07) is 25.9. The highest BCUT2D eigenvalue weighted by Gasteiger charge is 2.25. The average Bonchev–Trinajstić information content (AvgIpc) is 2.99. The van der Waals surface area contributed by atoms with Crippen LogP contribution in [-0.2, 0) is 26.6 Å². The molecule has 1 N–H and O–H groups in total. The quantitative estimate of drug-likeness (QED) is 0.182. The van der Waals surface area contributed by atoms with Crippen molar-refractivity contribution in [1.82, 2.24) is 5.32 Å². The Kier molecular flexibility index (Phi) is 13.2. The number of amides is 1. The summed E-state index contributed by atoms with van der Waals surface area (Å²) in [5, 5.41) is 2.64. The van der Waals surface area contributed by atoms with Gasteiger partial charge in [0.05, 0.1) is 7.11 Å². The Labute approximate surface area is 268 Å². The van der Waals surface area contributed by atoms with Crippen LogP contribution in [0.15, 0.2) is 72.8 Å². The highest BCUT2D eigenvalue weighted by Crippen LogP contribution is 2.29. The van der Waals surface area contributed by atoms with Crippen molar-refractivity contribution in [2.45, 2.75) is 97.2 Å². The van der Waals surface area contributed by atoms with Gasteiger partial charge in [0.15, 0.2) is 0 Å². The predicted octanol–water partition coefficient (Wildman–Crippen LogP) is 8.97. The van der Waals surface area contributed by atoms with Crippen molar-refractivity contribution in [3.05, 3.63) is 89.5 Å². The number of anilines is 1. The second-order valence-electron chi connectivity index (χ2n) is 12.5. The Morgan fingerprint density at radius 3 is 2.02 bits per heavy atom. The molecule has 0 fully saturated rings. The molecule has 0 heterocycles. The van der Waals surface area contributed by atoms with Gasteiger partial charge in [0.1, 0.15) is 11.6 Å². The smallest absolute Gasteiger partial charge is 0.408 e. The standard InChI is InChI=1S/C37H50N2O4S/c1-9-29(10-2)30-17-19-33(20-18-30)39(26(3)4)23-27-13-11-15-31(21-27)32-16-12-14-28(22-32)24-44-25-34(35(40)42-8)38-36(41)43-37(5,6)7/h11-22,26,29,34H,9-10,23-25H2,1-8H3,(H,38,41)/t34-/m0/s1. The number of carbonyl (C=O) groups is 2. The lowest BCUT2D eigenvalue weighted by atomic mass is 9.94. The lowest BCUT2D eigenvalue weighted by Gasteiger charge is -2.30. The second kappa shape index (κ2) is 16.6. The zero-order valence-corrected chi connectivity index (χ0v) is 28.5. The molecule has 44 heavy (non-hydrogen) atoms. The molecule has 0 aromatic heterocycles. The summed E-state index contributed by atoms with van der Waals surface area (Å²) >= 11 is 1.56. The normalized spacial score (nSPS) is 12.2. The average molecular weight is 619 g/mol. The molecular weight excluding hydrogens is 568 g/mol. The van der Waals surface area contributed by atoms with Crippen molar-refractivity contribution in [3.8, 4) is 11.1 Å². The summed E-state index contributed by atoms with van der Waals surface area (Å²) in [6.07, 6.45) is 1.69. The van der Waals surface area contributed by atoms with Crippen LogP contribution in [0.25, 0.3) is 11.1 Å². The molecule has 238 valence electrons. The van der Waals surface area contributed by atoms with Crippen LogP contribution in [0.1, 0.15) is 83.9 Å². The minimum atomic E-state index is -0.792. The van der Waals surface area contributed by atoms with Gasteiger partial charge in [-0.25, -0.2) is 9.59 Å². The van der Waals surface area contributed by atoms with Crippen molar-refractivity contribution in [2.75, 3.05) is 17.8 Å². The van der Waals surface area contributed by atoms with Crippen LogP contribution in [0.3, 0.4) is 0 Å². The van der Waals surface area contributed by atoms with Crippen molar-refractivity contribution in [3.63, 3.8) is 0 Å². The van der Waals surface area contributed by atoms with Gasteiger partial charge in [0.2, 0.25) is 0 Å². The number of esters is 1.